The molecule has 0 bridgehead atoms. The van der Waals surface area contributed by atoms with Gasteiger partial charge in [0.25, 0.3) is 0 Å². The van der Waals surface area contributed by atoms with Gasteiger partial charge >= 0.3 is 6.03 Å². The second kappa shape index (κ2) is 9.62. The van der Waals surface area contributed by atoms with E-state index in [9.17, 15) is 9.59 Å². The molecule has 150 valence electrons. The number of hydrogen-bond acceptors (Lipinski definition) is 3. The first-order valence-corrected chi connectivity index (χ1v) is 9.83. The van der Waals surface area contributed by atoms with Gasteiger partial charge in [0.15, 0.2) is 0 Å². The van der Waals surface area contributed by atoms with Crippen LogP contribution in [0.4, 0.5) is 4.79 Å². The van der Waals surface area contributed by atoms with Crippen LogP contribution >= 0.6 is 0 Å². The van der Waals surface area contributed by atoms with E-state index in [2.05, 4.69) is 30.5 Å². The molecule has 0 unspecified atom stereocenters. The predicted octanol–water partition coefficient (Wildman–Crippen LogP) is 3.06. The number of ether oxygens (including phenoxy) is 1. The molecule has 0 aliphatic carbocycles. The molecule has 6 heteroatoms. The molecule has 1 heterocycles. The van der Waals surface area contributed by atoms with Crippen molar-refractivity contribution < 1.29 is 14.3 Å². The standard InChI is InChI=1S/C21H33N3O3/c1-5-21(3,18-8-6-7-9-19(18)27-4)12-13-22-20(26)24-14-10-17(11-15-24)23-16(2)25/h6-9,17H,5,10-15H2,1-4H3,(H,22,26)(H,23,25)/t21-/m0/s1. The Morgan fingerprint density at radius 3 is 2.52 bits per heavy atom. The molecule has 0 spiro atoms. The fourth-order valence-electron chi connectivity index (χ4n) is 3.72. The van der Waals surface area contributed by atoms with E-state index in [1.54, 1.807) is 7.11 Å². The molecule has 1 aliphatic rings. The zero-order valence-electron chi connectivity index (χ0n) is 17.0. The Morgan fingerprint density at radius 1 is 1.26 bits per heavy atom. The molecule has 1 fully saturated rings. The lowest BCUT2D eigenvalue weighted by molar-refractivity contribution is -0.119. The van der Waals surface area contributed by atoms with E-state index in [0.29, 0.717) is 19.6 Å². The number of rotatable bonds is 7. The number of amides is 3. The number of para-hydroxylation sites is 1. The van der Waals surface area contributed by atoms with Crippen molar-refractivity contribution in [2.45, 2.75) is 57.9 Å². The monoisotopic (exact) mass is 375 g/mol. The lowest BCUT2D eigenvalue weighted by Crippen LogP contribution is -2.49. The number of methoxy groups -OCH3 is 1. The first-order valence-electron chi connectivity index (χ1n) is 9.83. The van der Waals surface area contributed by atoms with Gasteiger partial charge in [-0.1, -0.05) is 32.0 Å². The summed E-state index contributed by atoms with van der Waals surface area (Å²) in [6, 6.07) is 8.27. The molecular weight excluding hydrogens is 342 g/mol. The zero-order chi connectivity index (χ0) is 19.9. The Kier molecular flexibility index (Phi) is 7.51. The van der Waals surface area contributed by atoms with Crippen LogP contribution in [0.3, 0.4) is 0 Å². The van der Waals surface area contributed by atoms with Crippen LogP contribution in [-0.4, -0.2) is 49.6 Å². The molecule has 1 aromatic rings. The highest BCUT2D eigenvalue weighted by molar-refractivity contribution is 5.75. The van der Waals surface area contributed by atoms with Crippen LogP contribution in [0.25, 0.3) is 0 Å². The highest BCUT2D eigenvalue weighted by Crippen LogP contribution is 2.36. The summed E-state index contributed by atoms with van der Waals surface area (Å²) < 4.78 is 5.53. The molecule has 2 rings (SSSR count). The lowest BCUT2D eigenvalue weighted by atomic mass is 9.77. The van der Waals surface area contributed by atoms with Gasteiger partial charge in [0.05, 0.1) is 7.11 Å². The molecule has 3 amide bonds. The minimum absolute atomic E-state index is 0.00640. The van der Waals surface area contributed by atoms with Crippen LogP contribution in [0.1, 0.15) is 52.0 Å². The van der Waals surface area contributed by atoms with Gasteiger partial charge in [-0.3, -0.25) is 4.79 Å². The number of likely N-dealkylation sites (tertiary alicyclic amines) is 1. The number of benzene rings is 1. The number of carbonyl (C=O) groups is 2. The van der Waals surface area contributed by atoms with Crippen LogP contribution in [0.2, 0.25) is 0 Å². The van der Waals surface area contributed by atoms with Crippen LogP contribution in [0.5, 0.6) is 5.75 Å². The van der Waals surface area contributed by atoms with E-state index in [1.165, 1.54) is 12.5 Å². The van der Waals surface area contributed by atoms with Crippen molar-refractivity contribution in [3.05, 3.63) is 29.8 Å². The molecule has 1 aromatic carbocycles. The van der Waals surface area contributed by atoms with Crippen molar-refractivity contribution in [1.82, 2.24) is 15.5 Å². The Balaban J connectivity index is 1.85. The van der Waals surface area contributed by atoms with Crippen molar-refractivity contribution in [2.24, 2.45) is 0 Å². The van der Waals surface area contributed by atoms with Gasteiger partial charge < -0.3 is 20.3 Å². The average molecular weight is 376 g/mol. The molecular formula is C21H33N3O3. The van der Waals surface area contributed by atoms with Crippen molar-refractivity contribution in [3.63, 3.8) is 0 Å². The number of carbonyl (C=O) groups excluding carboxylic acids is 2. The second-order valence-corrected chi connectivity index (χ2v) is 7.56. The van der Waals surface area contributed by atoms with Crippen LogP contribution < -0.4 is 15.4 Å². The minimum Gasteiger partial charge on any atom is -0.496 e. The largest absolute Gasteiger partial charge is 0.496 e. The van der Waals surface area contributed by atoms with Crippen molar-refractivity contribution in [2.75, 3.05) is 26.7 Å². The minimum atomic E-state index is -0.0573. The highest BCUT2D eigenvalue weighted by Gasteiger charge is 2.28. The van der Waals surface area contributed by atoms with E-state index >= 15 is 0 Å². The van der Waals surface area contributed by atoms with Crippen LogP contribution in [0, 0.1) is 0 Å². The normalized spacial score (nSPS) is 17.1. The van der Waals surface area contributed by atoms with Crippen molar-refractivity contribution >= 4 is 11.9 Å². The van der Waals surface area contributed by atoms with E-state index in [1.807, 2.05) is 23.1 Å². The van der Waals surface area contributed by atoms with Gasteiger partial charge in [-0.15, -0.1) is 0 Å². The SMILES string of the molecule is CC[C@@](C)(CCNC(=O)N1CCC(NC(C)=O)CC1)c1ccccc1OC. The van der Waals surface area contributed by atoms with Crippen LogP contribution in [-0.2, 0) is 10.2 Å². The first kappa shape index (κ1) is 21.1. The predicted molar refractivity (Wildman–Crippen MR) is 107 cm³/mol. The summed E-state index contributed by atoms with van der Waals surface area (Å²) >= 11 is 0. The molecule has 27 heavy (non-hydrogen) atoms. The molecule has 2 N–H and O–H groups in total. The number of piperidine rings is 1. The first-order chi connectivity index (χ1) is 12.9. The van der Waals surface area contributed by atoms with Crippen molar-refractivity contribution in [1.29, 1.82) is 0 Å². The maximum Gasteiger partial charge on any atom is 0.317 e. The second-order valence-electron chi connectivity index (χ2n) is 7.56. The van der Waals surface area contributed by atoms with E-state index in [-0.39, 0.29) is 23.4 Å². The molecule has 1 atom stereocenters. The van der Waals surface area contributed by atoms with E-state index in [0.717, 1.165) is 31.4 Å². The fraction of sp³-hybridized carbons (Fsp3) is 0.619. The third-order valence-corrected chi connectivity index (χ3v) is 5.68. The lowest BCUT2D eigenvalue weighted by Gasteiger charge is -2.33. The molecule has 6 nitrogen and oxygen atoms in total. The summed E-state index contributed by atoms with van der Waals surface area (Å²) in [5.74, 6) is 0.890. The topological polar surface area (TPSA) is 70.7 Å². The Hall–Kier alpha value is -2.24. The molecule has 0 radical (unpaired) electrons. The van der Waals surface area contributed by atoms with Gasteiger partial charge in [-0.25, -0.2) is 4.79 Å². The maximum atomic E-state index is 12.5. The maximum absolute atomic E-state index is 12.5. The highest BCUT2D eigenvalue weighted by atomic mass is 16.5. The molecule has 0 saturated carbocycles. The molecule has 1 saturated heterocycles. The third kappa shape index (κ3) is 5.62. The third-order valence-electron chi connectivity index (χ3n) is 5.68. The summed E-state index contributed by atoms with van der Waals surface area (Å²) in [6.07, 6.45) is 3.42. The van der Waals surface area contributed by atoms with Crippen LogP contribution in [0.15, 0.2) is 24.3 Å². The zero-order valence-corrected chi connectivity index (χ0v) is 17.0. The van der Waals surface area contributed by atoms with Gasteiger partial charge in [0.2, 0.25) is 5.91 Å². The number of hydrogen-bond donors (Lipinski definition) is 2. The summed E-state index contributed by atoms with van der Waals surface area (Å²) in [7, 11) is 1.70. The van der Waals surface area contributed by atoms with Gasteiger partial charge in [0, 0.05) is 38.2 Å². The van der Waals surface area contributed by atoms with E-state index in [4.69, 9.17) is 4.74 Å². The number of nitrogens with zero attached hydrogens (tertiary/aromatic N) is 1. The number of urea groups is 1. The smallest absolute Gasteiger partial charge is 0.317 e. The Morgan fingerprint density at radius 2 is 1.93 bits per heavy atom. The van der Waals surface area contributed by atoms with E-state index < -0.39 is 0 Å². The Bertz CT molecular complexity index is 641. The van der Waals surface area contributed by atoms with Gasteiger partial charge in [-0.05, 0) is 37.2 Å². The Labute approximate surface area is 162 Å². The van der Waals surface area contributed by atoms with Crippen molar-refractivity contribution in [3.8, 4) is 5.75 Å². The summed E-state index contributed by atoms with van der Waals surface area (Å²) in [4.78, 5) is 25.4. The summed E-state index contributed by atoms with van der Waals surface area (Å²) in [5.41, 5.74) is 1.12. The van der Waals surface area contributed by atoms with Gasteiger partial charge in [0.1, 0.15) is 5.75 Å². The summed E-state index contributed by atoms with van der Waals surface area (Å²) in [5, 5.41) is 6.00. The number of nitrogens with one attached hydrogen (secondary N) is 2. The fourth-order valence-corrected chi connectivity index (χ4v) is 3.72. The molecule has 1 aliphatic heterocycles. The molecule has 0 aromatic heterocycles. The summed E-state index contributed by atoms with van der Waals surface area (Å²) in [6.45, 7) is 7.89. The average Bonchev–Trinajstić information content (AvgIpc) is 2.67. The van der Waals surface area contributed by atoms with Gasteiger partial charge in [-0.2, -0.15) is 0 Å². The quantitative estimate of drug-likeness (QED) is 0.769.